The minimum Gasteiger partial charge on any atom is -0.398 e. The van der Waals surface area contributed by atoms with Gasteiger partial charge in [-0.05, 0) is 12.1 Å². The molecule has 1 aromatic carbocycles. The molecule has 0 saturated carbocycles. The minimum atomic E-state index is 0.330. The summed E-state index contributed by atoms with van der Waals surface area (Å²) in [4.78, 5) is 0.660. The van der Waals surface area contributed by atoms with E-state index in [0.717, 1.165) is 15.6 Å². The number of rotatable bonds is 1. The van der Waals surface area contributed by atoms with Crippen molar-refractivity contribution in [3.05, 3.63) is 28.6 Å². The molecule has 0 bridgehead atoms. The molecule has 14 heavy (non-hydrogen) atoms. The van der Waals surface area contributed by atoms with E-state index in [-0.39, 0.29) is 0 Å². The van der Waals surface area contributed by atoms with E-state index in [9.17, 15) is 0 Å². The van der Waals surface area contributed by atoms with E-state index in [4.69, 9.17) is 22.6 Å². The number of anilines is 1. The maximum absolute atomic E-state index is 8.90. The number of fused-ring (bicyclic) bond motifs is 1. The van der Waals surface area contributed by atoms with Crippen molar-refractivity contribution in [1.82, 2.24) is 0 Å². The lowest BCUT2D eigenvalue weighted by atomic mass is 10.1. The number of nitrogens with zero attached hydrogens (tertiary/aromatic N) is 1. The normalized spacial score (nSPS) is 10.3. The van der Waals surface area contributed by atoms with Crippen molar-refractivity contribution < 1.29 is 0 Å². The van der Waals surface area contributed by atoms with Crippen LogP contribution in [0.25, 0.3) is 10.1 Å². The van der Waals surface area contributed by atoms with E-state index in [1.807, 2.05) is 18.2 Å². The Balaban J connectivity index is 2.90. The van der Waals surface area contributed by atoms with Crippen LogP contribution in [-0.2, 0) is 5.88 Å². The Bertz CT molecular complexity index is 525. The van der Waals surface area contributed by atoms with Gasteiger partial charge in [0.25, 0.3) is 0 Å². The molecular weight excluding hydrogens is 216 g/mol. The van der Waals surface area contributed by atoms with Gasteiger partial charge < -0.3 is 5.73 Å². The second-order valence-electron chi connectivity index (χ2n) is 2.88. The Morgan fingerprint density at radius 2 is 2.29 bits per heavy atom. The van der Waals surface area contributed by atoms with E-state index in [2.05, 4.69) is 6.07 Å². The highest BCUT2D eigenvalue weighted by molar-refractivity contribution is 7.19. The number of nitrogens with two attached hydrogens (primary N) is 1. The fourth-order valence-corrected chi connectivity index (χ4v) is 2.86. The number of halogens is 1. The van der Waals surface area contributed by atoms with Crippen LogP contribution in [0, 0.1) is 11.3 Å². The van der Waals surface area contributed by atoms with Crippen LogP contribution in [0.15, 0.2) is 18.2 Å². The Kier molecular flexibility index (Phi) is 2.32. The summed E-state index contributed by atoms with van der Waals surface area (Å²) in [5.41, 5.74) is 7.38. The molecule has 0 radical (unpaired) electrons. The standard InChI is InChI=1S/C10H7ClN2S/c11-4-6-9(5-12)14-8-3-1-2-7(13)10(6)8/h1-3H,4,13H2. The first-order valence-corrected chi connectivity index (χ1v) is 5.39. The third kappa shape index (κ3) is 1.24. The summed E-state index contributed by atoms with van der Waals surface area (Å²) in [7, 11) is 0. The molecule has 2 nitrogen and oxygen atoms in total. The molecule has 0 aliphatic heterocycles. The molecule has 0 saturated heterocycles. The molecule has 0 amide bonds. The third-order valence-corrected chi connectivity index (χ3v) is 3.45. The van der Waals surface area contributed by atoms with Crippen LogP contribution >= 0.6 is 22.9 Å². The van der Waals surface area contributed by atoms with Crippen LogP contribution in [0.3, 0.4) is 0 Å². The number of alkyl halides is 1. The molecule has 2 aromatic rings. The van der Waals surface area contributed by atoms with Crippen molar-refractivity contribution in [3.8, 4) is 6.07 Å². The number of nitrogen functional groups attached to an aromatic ring is 1. The van der Waals surface area contributed by atoms with Gasteiger partial charge in [-0.1, -0.05) is 6.07 Å². The number of hydrogen-bond acceptors (Lipinski definition) is 3. The number of benzene rings is 1. The average molecular weight is 223 g/mol. The summed E-state index contributed by atoms with van der Waals surface area (Å²) in [6.07, 6.45) is 0. The minimum absolute atomic E-state index is 0.330. The lowest BCUT2D eigenvalue weighted by Gasteiger charge is -1.97. The number of hydrogen-bond donors (Lipinski definition) is 1. The lowest BCUT2D eigenvalue weighted by molar-refractivity contribution is 1.44. The molecule has 70 valence electrons. The summed E-state index contributed by atoms with van der Waals surface area (Å²) >= 11 is 7.24. The van der Waals surface area contributed by atoms with Crippen molar-refractivity contribution >= 4 is 38.7 Å². The zero-order valence-electron chi connectivity index (χ0n) is 7.25. The van der Waals surface area contributed by atoms with Gasteiger partial charge in [-0.25, -0.2) is 0 Å². The molecule has 1 heterocycles. The van der Waals surface area contributed by atoms with Crippen LogP contribution in [0.1, 0.15) is 10.4 Å². The maximum atomic E-state index is 8.90. The predicted octanol–water partition coefficient (Wildman–Crippen LogP) is 3.09. The van der Waals surface area contributed by atoms with Gasteiger partial charge in [0, 0.05) is 21.3 Å². The summed E-state index contributed by atoms with van der Waals surface area (Å²) in [5.74, 6) is 0.330. The summed E-state index contributed by atoms with van der Waals surface area (Å²) in [5, 5.41) is 9.84. The van der Waals surface area contributed by atoms with E-state index in [1.54, 1.807) is 0 Å². The molecule has 0 aliphatic rings. The SMILES string of the molecule is N#Cc1sc2cccc(N)c2c1CCl. The van der Waals surface area contributed by atoms with E-state index >= 15 is 0 Å². The predicted molar refractivity (Wildman–Crippen MR) is 60.5 cm³/mol. The summed E-state index contributed by atoms with van der Waals surface area (Å²) in [6.45, 7) is 0. The Morgan fingerprint density at radius 1 is 1.50 bits per heavy atom. The largest absolute Gasteiger partial charge is 0.398 e. The first-order valence-electron chi connectivity index (χ1n) is 4.04. The van der Waals surface area contributed by atoms with Crippen molar-refractivity contribution in [2.75, 3.05) is 5.73 Å². The first-order chi connectivity index (χ1) is 6.77. The highest BCUT2D eigenvalue weighted by Crippen LogP contribution is 2.35. The van der Waals surface area contributed by atoms with Gasteiger partial charge in [-0.3, -0.25) is 0 Å². The Hall–Kier alpha value is -1.24. The smallest absolute Gasteiger partial charge is 0.110 e. The maximum Gasteiger partial charge on any atom is 0.110 e. The van der Waals surface area contributed by atoms with Crippen LogP contribution in [-0.4, -0.2) is 0 Å². The second-order valence-corrected chi connectivity index (χ2v) is 4.20. The van der Waals surface area contributed by atoms with Crippen molar-refractivity contribution in [1.29, 1.82) is 5.26 Å². The van der Waals surface area contributed by atoms with Crippen LogP contribution < -0.4 is 5.73 Å². The van der Waals surface area contributed by atoms with Gasteiger partial charge in [-0.15, -0.1) is 22.9 Å². The van der Waals surface area contributed by atoms with Gasteiger partial charge >= 0.3 is 0 Å². The number of nitriles is 1. The quantitative estimate of drug-likeness (QED) is 0.596. The monoisotopic (exact) mass is 222 g/mol. The molecule has 4 heteroatoms. The number of thiophene rings is 1. The van der Waals surface area contributed by atoms with Crippen LogP contribution in [0.4, 0.5) is 5.69 Å². The molecule has 1 aromatic heterocycles. The van der Waals surface area contributed by atoms with Crippen molar-refractivity contribution in [3.63, 3.8) is 0 Å². The Labute approximate surface area is 90.5 Å². The van der Waals surface area contributed by atoms with Gasteiger partial charge in [0.1, 0.15) is 10.9 Å². The molecule has 0 unspecified atom stereocenters. The fourth-order valence-electron chi connectivity index (χ4n) is 1.46. The highest BCUT2D eigenvalue weighted by atomic mass is 35.5. The second kappa shape index (κ2) is 3.49. The molecule has 0 fully saturated rings. The van der Waals surface area contributed by atoms with E-state index in [1.165, 1.54) is 11.3 Å². The van der Waals surface area contributed by atoms with Crippen LogP contribution in [0.2, 0.25) is 0 Å². The average Bonchev–Trinajstić information content (AvgIpc) is 2.56. The van der Waals surface area contributed by atoms with Crippen molar-refractivity contribution in [2.24, 2.45) is 0 Å². The molecule has 2 N–H and O–H groups in total. The fraction of sp³-hybridized carbons (Fsp3) is 0.100. The van der Waals surface area contributed by atoms with Gasteiger partial charge in [0.15, 0.2) is 0 Å². The molecule has 0 aliphatic carbocycles. The zero-order chi connectivity index (χ0) is 10.1. The topological polar surface area (TPSA) is 49.8 Å². The first kappa shape index (κ1) is 9.32. The van der Waals surface area contributed by atoms with Crippen molar-refractivity contribution in [2.45, 2.75) is 5.88 Å². The Morgan fingerprint density at radius 3 is 2.93 bits per heavy atom. The van der Waals surface area contributed by atoms with Gasteiger partial charge in [-0.2, -0.15) is 5.26 Å². The van der Waals surface area contributed by atoms with Crippen LogP contribution in [0.5, 0.6) is 0 Å². The highest BCUT2D eigenvalue weighted by Gasteiger charge is 2.12. The molecule has 2 rings (SSSR count). The lowest BCUT2D eigenvalue weighted by Crippen LogP contribution is -1.87. The summed E-state index contributed by atoms with van der Waals surface area (Å²) < 4.78 is 1.03. The van der Waals surface area contributed by atoms with Gasteiger partial charge in [0.2, 0.25) is 0 Å². The zero-order valence-corrected chi connectivity index (χ0v) is 8.82. The van der Waals surface area contributed by atoms with E-state index < -0.39 is 0 Å². The molecule has 0 spiro atoms. The summed E-state index contributed by atoms with van der Waals surface area (Å²) in [6, 6.07) is 7.80. The third-order valence-electron chi connectivity index (χ3n) is 2.08. The molecule has 0 atom stereocenters. The molecular formula is C10H7ClN2S. The van der Waals surface area contributed by atoms with Gasteiger partial charge in [0.05, 0.1) is 5.88 Å². The van der Waals surface area contributed by atoms with E-state index in [0.29, 0.717) is 16.4 Å².